The van der Waals surface area contributed by atoms with E-state index in [1.165, 1.54) is 0 Å². The molecular weight excluding hydrogens is 207 g/mol. The maximum absolute atomic E-state index is 8.56. The van der Waals surface area contributed by atoms with Crippen molar-refractivity contribution in [1.82, 2.24) is 0 Å². The molecule has 0 unspecified atom stereocenters. The molecule has 5 heteroatoms. The normalized spacial score (nSPS) is 4.00. The van der Waals surface area contributed by atoms with Crippen LogP contribution < -0.4 is 0 Å². The summed E-state index contributed by atoms with van der Waals surface area (Å²) in [5.74, 6) is 0. The Morgan fingerprint density at radius 2 is 1.50 bits per heavy atom. The van der Waals surface area contributed by atoms with E-state index in [1.54, 1.807) is 0 Å². The Morgan fingerprint density at radius 3 is 1.50 bits per heavy atom. The first-order valence-corrected chi connectivity index (χ1v) is 0.651. The zero-order valence-electron chi connectivity index (χ0n) is 4.83. The van der Waals surface area contributed by atoms with Gasteiger partial charge in [-0.3, -0.25) is 0 Å². The minimum absolute atomic E-state index is 0. The van der Waals surface area contributed by atoms with E-state index in [0.717, 1.165) is 0 Å². The molecule has 2 N–H and O–H groups in total. The molecule has 3 nitrogen and oxygen atoms in total. The summed E-state index contributed by atoms with van der Waals surface area (Å²) in [5.41, 5.74) is 0. The van der Waals surface area contributed by atoms with E-state index in [9.17, 15) is 0 Å². The molecule has 0 rings (SSSR count). The van der Waals surface area contributed by atoms with Crippen molar-refractivity contribution in [3.05, 3.63) is 0 Å². The van der Waals surface area contributed by atoms with Crippen molar-refractivity contribution in [2.75, 3.05) is 0 Å². The van der Waals surface area contributed by atoms with Crippen LogP contribution in [-0.2, 0) is 20.4 Å². The van der Waals surface area contributed by atoms with Crippen molar-refractivity contribution in [2.45, 2.75) is 0 Å². The van der Waals surface area contributed by atoms with Crippen LogP contribution >= 0.6 is 0 Å². The fourth-order valence-corrected chi connectivity index (χ4v) is 0. The van der Waals surface area contributed by atoms with Crippen molar-refractivity contribution in [2.24, 2.45) is 0 Å². The van der Waals surface area contributed by atoms with Crippen LogP contribution in [0.2, 0.25) is 0 Å². The van der Waals surface area contributed by atoms with E-state index in [2.05, 4.69) is 0 Å². The zero-order valence-corrected chi connectivity index (χ0v) is 6.59. The molecule has 0 aromatic carbocycles. The Hall–Kier alpha value is 1.19. The van der Waals surface area contributed by atoms with Crippen molar-refractivity contribution < 1.29 is 38.3 Å². The molecule has 0 heterocycles. The van der Waals surface area contributed by atoms with Crippen LogP contribution in [-0.4, -0.2) is 54.1 Å². The van der Waals surface area contributed by atoms with E-state index in [-0.39, 0.29) is 61.0 Å². The summed E-state index contributed by atoms with van der Waals surface area (Å²) in [6, 6.07) is 0. The summed E-state index contributed by atoms with van der Waals surface area (Å²) in [6.07, 6.45) is -1.83. The maximum Gasteiger partial charge on any atom is 2.00 e. The third kappa shape index (κ3) is 64.2. The molecule has 0 aromatic rings. The second-order valence-corrected chi connectivity index (χ2v) is 0.283. The monoisotopic (exact) mass is 210 g/mol. The van der Waals surface area contributed by atoms with Crippen LogP contribution in [0.15, 0.2) is 0 Å². The third-order valence-electron chi connectivity index (χ3n) is 0. The Balaban J connectivity index is -0.00000000750. The van der Waals surface area contributed by atoms with Gasteiger partial charge in [0.25, 0.3) is 0 Å². The average molecular weight is 211 g/mol. The second-order valence-electron chi connectivity index (χ2n) is 0.283. The molecule has 0 aliphatic heterocycles. The Bertz CT molecular complexity index is 40.3. The molecule has 0 saturated heterocycles. The van der Waals surface area contributed by atoms with Gasteiger partial charge < -0.3 is 13.1 Å². The first kappa shape index (κ1) is 15.7. The van der Waals surface area contributed by atoms with E-state index in [0.29, 0.717) is 0 Å². The minimum atomic E-state index is -1.83. The fraction of sp³-hybridized carbons (Fsp3) is 0. The Morgan fingerprint density at radius 1 is 1.50 bits per heavy atom. The Labute approximate surface area is 81.4 Å². The minimum Gasteiger partial charge on any atom is -1.00 e. The maximum atomic E-state index is 8.56. The predicted molar refractivity (Wildman–Crippen MR) is 18.6 cm³/mol. The van der Waals surface area contributed by atoms with Gasteiger partial charge in [0.2, 0.25) is 0 Å². The predicted octanol–water partition coefficient (Wildman–Crippen LogP) is 0.0641. The van der Waals surface area contributed by atoms with Gasteiger partial charge >= 0.3 is 43.9 Å². The molecule has 0 fully saturated rings. The number of carboxylic acid groups (broad SMARTS) is 2. The second kappa shape index (κ2) is 9.50. The van der Waals surface area contributed by atoms with Crippen LogP contribution in [0.1, 0.15) is 2.85 Å². The third-order valence-corrected chi connectivity index (χ3v) is 0. The van der Waals surface area contributed by atoms with Gasteiger partial charge in [-0.15, -0.1) is 0 Å². The van der Waals surface area contributed by atoms with E-state index in [1.807, 2.05) is 0 Å². The summed E-state index contributed by atoms with van der Waals surface area (Å²) in [5, 5.41) is 13.9. The summed E-state index contributed by atoms with van der Waals surface area (Å²) >= 11 is 0. The summed E-state index contributed by atoms with van der Waals surface area (Å²) in [7, 11) is 0. The topological polar surface area (TPSA) is 57.5 Å². The number of carbonyl (C=O) groups is 1. The molecule has 0 amide bonds. The van der Waals surface area contributed by atoms with Gasteiger partial charge in [0, 0.05) is 20.4 Å². The summed E-state index contributed by atoms with van der Waals surface area (Å²) < 4.78 is 0. The van der Waals surface area contributed by atoms with Crippen LogP contribution in [0.5, 0.6) is 0 Å². The molecule has 0 spiro atoms. The summed E-state index contributed by atoms with van der Waals surface area (Å²) in [6.45, 7) is 0. The van der Waals surface area contributed by atoms with Crippen molar-refractivity contribution in [1.29, 1.82) is 0 Å². The van der Waals surface area contributed by atoms with Gasteiger partial charge in [-0.2, -0.15) is 0 Å². The smallest absolute Gasteiger partial charge is 1.00 e. The molecule has 6 heavy (non-hydrogen) atoms. The van der Waals surface area contributed by atoms with Crippen molar-refractivity contribution in [3.63, 3.8) is 0 Å². The molecule has 0 atom stereocenters. The summed E-state index contributed by atoms with van der Waals surface area (Å²) in [4.78, 5) is 8.56. The SMILES string of the molecule is O=C(O)O.[Ca+2].[H-].[H-].[Pd]. The zero-order chi connectivity index (χ0) is 3.58. The standard InChI is InChI=1S/CH2O3.Ca.Pd.2H/c2-1(3)4;;;;/h(H2,2,3,4);;;;/q;+2;;2*-1. The van der Waals surface area contributed by atoms with Crippen LogP contribution in [0.4, 0.5) is 4.79 Å². The van der Waals surface area contributed by atoms with E-state index < -0.39 is 6.16 Å². The molecular formula is CH4CaO3Pd. The van der Waals surface area contributed by atoms with Gasteiger partial charge in [-0.05, 0) is 0 Å². The Kier molecular flexibility index (Phi) is 24.8. The molecule has 0 bridgehead atoms. The van der Waals surface area contributed by atoms with Crippen molar-refractivity contribution >= 4 is 43.9 Å². The van der Waals surface area contributed by atoms with Crippen molar-refractivity contribution in [3.8, 4) is 0 Å². The number of hydrogen-bond acceptors (Lipinski definition) is 1. The van der Waals surface area contributed by atoms with E-state index >= 15 is 0 Å². The first-order chi connectivity index (χ1) is 1.73. The average Bonchev–Trinajstić information content (AvgIpc) is 0.811. The molecule has 0 saturated carbocycles. The van der Waals surface area contributed by atoms with Crippen LogP contribution in [0, 0.1) is 0 Å². The number of rotatable bonds is 0. The van der Waals surface area contributed by atoms with Gasteiger partial charge in [-0.1, -0.05) is 0 Å². The molecule has 0 aliphatic carbocycles. The van der Waals surface area contributed by atoms with Gasteiger partial charge in [0.15, 0.2) is 0 Å². The molecule has 38 valence electrons. The molecule has 0 aromatic heterocycles. The fourth-order valence-electron chi connectivity index (χ4n) is 0. The number of hydrogen-bond donors (Lipinski definition) is 2. The van der Waals surface area contributed by atoms with E-state index in [4.69, 9.17) is 15.0 Å². The van der Waals surface area contributed by atoms with Crippen LogP contribution in [0.3, 0.4) is 0 Å². The van der Waals surface area contributed by atoms with Gasteiger partial charge in [0.1, 0.15) is 0 Å². The largest absolute Gasteiger partial charge is 2.00 e. The van der Waals surface area contributed by atoms with Crippen LogP contribution in [0.25, 0.3) is 0 Å². The van der Waals surface area contributed by atoms with Gasteiger partial charge in [-0.25, -0.2) is 4.79 Å². The quantitative estimate of drug-likeness (QED) is 0.556. The molecule has 0 aliphatic rings. The first-order valence-electron chi connectivity index (χ1n) is 0.651. The van der Waals surface area contributed by atoms with Gasteiger partial charge in [0.05, 0.1) is 0 Å². The molecule has 0 radical (unpaired) electrons.